The second kappa shape index (κ2) is 11.6. The Morgan fingerprint density at radius 3 is 2.36 bits per heavy atom. The van der Waals surface area contributed by atoms with Crippen LogP contribution in [-0.2, 0) is 19.4 Å². The van der Waals surface area contributed by atoms with E-state index in [2.05, 4.69) is 41.0 Å². The van der Waals surface area contributed by atoms with Crippen molar-refractivity contribution in [3.63, 3.8) is 0 Å². The van der Waals surface area contributed by atoms with Crippen molar-refractivity contribution in [2.24, 2.45) is 0 Å². The Morgan fingerprint density at radius 2 is 1.62 bits per heavy atom. The number of nitrogens with one attached hydrogen (secondary N) is 2. The maximum absolute atomic E-state index is 5.96. The van der Waals surface area contributed by atoms with Crippen molar-refractivity contribution in [3.05, 3.63) is 108 Å². The normalized spacial score (nSPS) is 14.9. The highest BCUT2D eigenvalue weighted by Gasteiger charge is 2.21. The molecule has 5 aromatic rings. The number of ether oxygens (including phenoxy) is 2. The Labute approximate surface area is 228 Å². The lowest BCUT2D eigenvalue weighted by Crippen LogP contribution is -2.22. The third-order valence-electron chi connectivity index (χ3n) is 7.20. The molecule has 7 heteroatoms. The van der Waals surface area contributed by atoms with E-state index in [9.17, 15) is 0 Å². The van der Waals surface area contributed by atoms with E-state index in [1.165, 1.54) is 11.1 Å². The molecule has 0 bridgehead atoms. The van der Waals surface area contributed by atoms with E-state index >= 15 is 0 Å². The van der Waals surface area contributed by atoms with E-state index in [1.54, 1.807) is 7.11 Å². The Kier molecular flexibility index (Phi) is 7.41. The van der Waals surface area contributed by atoms with Crippen molar-refractivity contribution in [2.75, 3.05) is 25.5 Å². The molecule has 198 valence electrons. The fourth-order valence-electron chi connectivity index (χ4n) is 5.08. The monoisotopic (exact) mass is 519 g/mol. The van der Waals surface area contributed by atoms with Crippen LogP contribution in [0.4, 0.5) is 5.82 Å². The molecule has 1 atom stereocenters. The topological polar surface area (TPSA) is 73.2 Å². The Balaban J connectivity index is 1.24. The van der Waals surface area contributed by atoms with Gasteiger partial charge in [-0.25, -0.2) is 9.67 Å². The lowest BCUT2D eigenvalue weighted by molar-refractivity contribution is 0.414. The van der Waals surface area contributed by atoms with E-state index < -0.39 is 0 Å². The van der Waals surface area contributed by atoms with Crippen molar-refractivity contribution in [2.45, 2.75) is 31.8 Å². The van der Waals surface area contributed by atoms with E-state index in [-0.39, 0.29) is 0 Å². The summed E-state index contributed by atoms with van der Waals surface area (Å²) >= 11 is 0. The maximum atomic E-state index is 5.96. The number of fused-ring (bicyclic) bond motifs is 1. The van der Waals surface area contributed by atoms with Gasteiger partial charge in [-0.15, -0.1) is 0 Å². The van der Waals surface area contributed by atoms with E-state index in [0.29, 0.717) is 12.6 Å². The standard InChI is InChI=1S/C32H33N5O2/c1-38-27-13-10-24(11-14-27)22-37-32-30(31(36-37)35-26-18-19-33-21-26)25(17-20-34-32)12-7-23-8-15-29(16-9-23)39-28-5-3-2-4-6-28/h2-6,8-11,13-17,20,26,33H,7,12,18-19,21-22H2,1H3,(H,35,36)/t26-/m1/s1. The summed E-state index contributed by atoms with van der Waals surface area (Å²) in [4.78, 5) is 4.78. The van der Waals surface area contributed by atoms with Crippen LogP contribution in [0, 0.1) is 0 Å². The van der Waals surface area contributed by atoms with Gasteiger partial charge in [-0.3, -0.25) is 0 Å². The first kappa shape index (κ1) is 24.9. The fourth-order valence-corrected chi connectivity index (χ4v) is 5.08. The molecule has 0 spiro atoms. The number of nitrogens with zero attached hydrogens (tertiary/aromatic N) is 3. The van der Waals surface area contributed by atoms with Crippen molar-refractivity contribution in [1.82, 2.24) is 20.1 Å². The van der Waals surface area contributed by atoms with Crippen molar-refractivity contribution >= 4 is 16.9 Å². The third kappa shape index (κ3) is 5.89. The number of benzene rings is 3. The Bertz CT molecular complexity index is 1510. The SMILES string of the molecule is COc1ccc(Cn2nc(N[C@@H]3CCNC3)c3c(CCc4ccc(Oc5ccccc5)cc4)ccnc32)cc1. The first-order chi connectivity index (χ1) is 19.2. The summed E-state index contributed by atoms with van der Waals surface area (Å²) in [7, 11) is 1.68. The first-order valence-corrected chi connectivity index (χ1v) is 13.5. The molecule has 0 aliphatic carbocycles. The van der Waals surface area contributed by atoms with Gasteiger partial charge in [0, 0.05) is 18.8 Å². The molecular weight excluding hydrogens is 486 g/mol. The maximum Gasteiger partial charge on any atom is 0.160 e. The number of hydrogen-bond donors (Lipinski definition) is 2. The average molecular weight is 520 g/mol. The summed E-state index contributed by atoms with van der Waals surface area (Å²) < 4.78 is 13.3. The van der Waals surface area contributed by atoms with Gasteiger partial charge in [0.05, 0.1) is 19.0 Å². The second-order valence-electron chi connectivity index (χ2n) is 9.92. The lowest BCUT2D eigenvalue weighted by atomic mass is 10.0. The van der Waals surface area contributed by atoms with Gasteiger partial charge < -0.3 is 20.1 Å². The molecule has 2 N–H and O–H groups in total. The summed E-state index contributed by atoms with van der Waals surface area (Å²) in [6.45, 7) is 2.61. The Hall–Kier alpha value is -4.36. The van der Waals surface area contributed by atoms with Gasteiger partial charge in [0.2, 0.25) is 0 Å². The summed E-state index contributed by atoms with van der Waals surface area (Å²) in [6, 6.07) is 28.9. The Morgan fingerprint density at radius 1 is 0.872 bits per heavy atom. The zero-order valence-corrected chi connectivity index (χ0v) is 22.1. The highest BCUT2D eigenvalue weighted by molar-refractivity contribution is 5.91. The largest absolute Gasteiger partial charge is 0.497 e. The molecule has 7 nitrogen and oxygen atoms in total. The number of para-hydroxylation sites is 1. The van der Waals surface area contributed by atoms with Gasteiger partial charge in [-0.2, -0.15) is 5.10 Å². The van der Waals surface area contributed by atoms with Gasteiger partial charge in [-0.1, -0.05) is 42.5 Å². The number of hydrogen-bond acceptors (Lipinski definition) is 6. The van der Waals surface area contributed by atoms with Crippen LogP contribution in [0.15, 0.2) is 91.1 Å². The molecule has 3 aromatic carbocycles. The molecule has 2 aromatic heterocycles. The van der Waals surface area contributed by atoms with E-state index in [0.717, 1.165) is 72.0 Å². The van der Waals surface area contributed by atoms with Crippen LogP contribution in [0.2, 0.25) is 0 Å². The predicted octanol–water partition coefficient (Wildman–Crippen LogP) is 5.84. The molecule has 1 fully saturated rings. The summed E-state index contributed by atoms with van der Waals surface area (Å²) in [6.07, 6.45) is 4.80. The average Bonchev–Trinajstić information content (AvgIpc) is 3.62. The predicted molar refractivity (Wildman–Crippen MR) is 155 cm³/mol. The van der Waals surface area contributed by atoms with E-state index in [1.807, 2.05) is 65.5 Å². The van der Waals surface area contributed by atoms with Crippen LogP contribution in [-0.4, -0.2) is 41.0 Å². The molecule has 1 aliphatic rings. The quantitative estimate of drug-likeness (QED) is 0.242. The number of aromatic nitrogens is 3. The number of rotatable bonds is 10. The molecule has 3 heterocycles. The minimum atomic E-state index is 0.364. The summed E-state index contributed by atoms with van der Waals surface area (Å²) in [5, 5.41) is 13.3. The van der Waals surface area contributed by atoms with Gasteiger partial charge in [-0.05, 0) is 85.0 Å². The van der Waals surface area contributed by atoms with Crippen LogP contribution >= 0.6 is 0 Å². The van der Waals surface area contributed by atoms with Gasteiger partial charge in [0.1, 0.15) is 17.2 Å². The molecule has 1 aliphatic heterocycles. The van der Waals surface area contributed by atoms with Crippen molar-refractivity contribution in [1.29, 1.82) is 0 Å². The van der Waals surface area contributed by atoms with Crippen LogP contribution in [0.3, 0.4) is 0 Å². The molecule has 1 saturated heterocycles. The molecule has 0 unspecified atom stereocenters. The number of pyridine rings is 1. The zero-order chi connectivity index (χ0) is 26.4. The number of methoxy groups -OCH3 is 1. The minimum Gasteiger partial charge on any atom is -0.497 e. The summed E-state index contributed by atoms with van der Waals surface area (Å²) in [5.41, 5.74) is 4.57. The first-order valence-electron chi connectivity index (χ1n) is 13.5. The van der Waals surface area contributed by atoms with Gasteiger partial charge in [0.15, 0.2) is 11.5 Å². The van der Waals surface area contributed by atoms with Crippen LogP contribution in [0.1, 0.15) is 23.1 Å². The van der Waals surface area contributed by atoms with E-state index in [4.69, 9.17) is 19.6 Å². The van der Waals surface area contributed by atoms with Crippen LogP contribution in [0.25, 0.3) is 11.0 Å². The molecule has 39 heavy (non-hydrogen) atoms. The van der Waals surface area contributed by atoms with Crippen LogP contribution in [0.5, 0.6) is 17.2 Å². The second-order valence-corrected chi connectivity index (χ2v) is 9.92. The van der Waals surface area contributed by atoms with Crippen molar-refractivity contribution in [3.8, 4) is 17.2 Å². The van der Waals surface area contributed by atoms with Gasteiger partial charge >= 0.3 is 0 Å². The molecular formula is C32H33N5O2. The highest BCUT2D eigenvalue weighted by atomic mass is 16.5. The number of anilines is 1. The summed E-state index contributed by atoms with van der Waals surface area (Å²) in [5.74, 6) is 3.45. The minimum absolute atomic E-state index is 0.364. The molecule has 0 radical (unpaired) electrons. The third-order valence-corrected chi connectivity index (χ3v) is 7.20. The zero-order valence-electron chi connectivity index (χ0n) is 22.1. The van der Waals surface area contributed by atoms with Crippen LogP contribution < -0.4 is 20.1 Å². The number of aryl methyl sites for hydroxylation is 2. The lowest BCUT2D eigenvalue weighted by Gasteiger charge is -2.12. The van der Waals surface area contributed by atoms with Crippen molar-refractivity contribution < 1.29 is 9.47 Å². The smallest absolute Gasteiger partial charge is 0.160 e. The molecule has 0 saturated carbocycles. The highest BCUT2D eigenvalue weighted by Crippen LogP contribution is 2.29. The molecule has 6 rings (SSSR count). The van der Waals surface area contributed by atoms with Gasteiger partial charge in [0.25, 0.3) is 0 Å². The molecule has 0 amide bonds. The fraction of sp³-hybridized carbons (Fsp3) is 0.250.